The number of nitrogens with one attached hydrogen (secondary N) is 1. The standard InChI is InChI=1S/C14H21ClN2/c1-11(2)17-9-7-12(8-10-17)16-14-6-4-3-5-13(14)15/h3-6,11-12,16H,7-10H2,1-2H3. The molecule has 1 aromatic rings. The molecule has 0 spiro atoms. The van der Waals surface area contributed by atoms with Crippen molar-refractivity contribution >= 4 is 17.3 Å². The Bertz CT molecular complexity index is 357. The minimum Gasteiger partial charge on any atom is -0.381 e. The molecule has 0 bridgehead atoms. The maximum Gasteiger partial charge on any atom is 0.0637 e. The smallest absolute Gasteiger partial charge is 0.0637 e. The summed E-state index contributed by atoms with van der Waals surface area (Å²) in [5.74, 6) is 0. The predicted molar refractivity (Wildman–Crippen MR) is 74.8 cm³/mol. The van der Waals surface area contributed by atoms with Crippen molar-refractivity contribution in [1.29, 1.82) is 0 Å². The van der Waals surface area contributed by atoms with Gasteiger partial charge in [-0.1, -0.05) is 23.7 Å². The zero-order valence-corrected chi connectivity index (χ0v) is 11.4. The van der Waals surface area contributed by atoms with E-state index in [4.69, 9.17) is 11.6 Å². The average Bonchev–Trinajstić information content (AvgIpc) is 2.33. The summed E-state index contributed by atoms with van der Waals surface area (Å²) in [5, 5.41) is 4.37. The van der Waals surface area contributed by atoms with Crippen LogP contribution in [0.5, 0.6) is 0 Å². The van der Waals surface area contributed by atoms with Crippen molar-refractivity contribution in [2.24, 2.45) is 0 Å². The van der Waals surface area contributed by atoms with Crippen molar-refractivity contribution in [3.05, 3.63) is 29.3 Å². The molecule has 2 nitrogen and oxygen atoms in total. The lowest BCUT2D eigenvalue weighted by Crippen LogP contribution is -2.42. The van der Waals surface area contributed by atoms with Gasteiger partial charge in [0.25, 0.3) is 0 Å². The second-order valence-electron chi connectivity index (χ2n) is 5.03. The molecular weight excluding hydrogens is 232 g/mol. The van der Waals surface area contributed by atoms with Crippen LogP contribution in [-0.4, -0.2) is 30.1 Å². The van der Waals surface area contributed by atoms with E-state index in [1.54, 1.807) is 0 Å². The van der Waals surface area contributed by atoms with Gasteiger partial charge in [0.1, 0.15) is 0 Å². The number of halogens is 1. The molecule has 0 aliphatic carbocycles. The fourth-order valence-corrected chi connectivity index (χ4v) is 2.55. The molecule has 0 saturated carbocycles. The first-order valence-corrected chi connectivity index (χ1v) is 6.79. The van der Waals surface area contributed by atoms with Crippen molar-refractivity contribution in [2.75, 3.05) is 18.4 Å². The molecule has 1 aromatic carbocycles. The molecule has 1 aliphatic heterocycles. The minimum atomic E-state index is 0.560. The first kappa shape index (κ1) is 12.7. The lowest BCUT2D eigenvalue weighted by Gasteiger charge is -2.35. The predicted octanol–water partition coefficient (Wildman–Crippen LogP) is 3.62. The topological polar surface area (TPSA) is 15.3 Å². The highest BCUT2D eigenvalue weighted by atomic mass is 35.5. The van der Waals surface area contributed by atoms with E-state index in [1.165, 1.54) is 25.9 Å². The molecule has 2 rings (SSSR count). The van der Waals surface area contributed by atoms with E-state index >= 15 is 0 Å². The molecule has 0 radical (unpaired) electrons. The maximum atomic E-state index is 6.15. The Morgan fingerprint density at radius 3 is 2.47 bits per heavy atom. The van der Waals surface area contributed by atoms with E-state index in [-0.39, 0.29) is 0 Å². The first-order valence-electron chi connectivity index (χ1n) is 6.42. The van der Waals surface area contributed by atoms with Crippen LogP contribution in [0.15, 0.2) is 24.3 Å². The summed E-state index contributed by atoms with van der Waals surface area (Å²) >= 11 is 6.15. The van der Waals surface area contributed by atoms with Gasteiger partial charge >= 0.3 is 0 Å². The van der Waals surface area contributed by atoms with Crippen LogP contribution >= 0.6 is 11.6 Å². The third-order valence-corrected chi connectivity index (χ3v) is 3.82. The number of benzene rings is 1. The van der Waals surface area contributed by atoms with Crippen molar-refractivity contribution in [3.8, 4) is 0 Å². The zero-order valence-electron chi connectivity index (χ0n) is 10.6. The molecule has 0 amide bonds. The average molecular weight is 253 g/mol. The molecule has 3 heteroatoms. The lowest BCUT2D eigenvalue weighted by molar-refractivity contribution is 0.177. The normalized spacial score (nSPS) is 18.6. The van der Waals surface area contributed by atoms with E-state index in [1.807, 2.05) is 18.2 Å². The maximum absolute atomic E-state index is 6.15. The zero-order chi connectivity index (χ0) is 12.3. The van der Waals surface area contributed by atoms with Gasteiger partial charge in [0.05, 0.1) is 10.7 Å². The van der Waals surface area contributed by atoms with Gasteiger partial charge in [-0.05, 0) is 38.8 Å². The molecule has 17 heavy (non-hydrogen) atoms. The number of nitrogens with zero attached hydrogens (tertiary/aromatic N) is 1. The second-order valence-corrected chi connectivity index (χ2v) is 5.44. The van der Waals surface area contributed by atoms with E-state index in [2.05, 4.69) is 30.1 Å². The lowest BCUT2D eigenvalue weighted by atomic mass is 10.0. The van der Waals surface area contributed by atoms with Gasteiger partial charge in [0.2, 0.25) is 0 Å². The number of likely N-dealkylation sites (tertiary alicyclic amines) is 1. The summed E-state index contributed by atoms with van der Waals surface area (Å²) < 4.78 is 0. The Kier molecular flexibility index (Phi) is 4.30. The summed E-state index contributed by atoms with van der Waals surface area (Å²) in [4.78, 5) is 2.53. The summed E-state index contributed by atoms with van der Waals surface area (Å²) in [6, 6.07) is 9.21. The largest absolute Gasteiger partial charge is 0.381 e. The second kappa shape index (κ2) is 5.74. The van der Waals surface area contributed by atoms with Crippen molar-refractivity contribution in [2.45, 2.75) is 38.8 Å². The van der Waals surface area contributed by atoms with Crippen LogP contribution < -0.4 is 5.32 Å². The highest BCUT2D eigenvalue weighted by Crippen LogP contribution is 2.24. The molecule has 1 heterocycles. The van der Waals surface area contributed by atoms with Gasteiger partial charge in [-0.15, -0.1) is 0 Å². The Balaban J connectivity index is 1.88. The number of rotatable bonds is 3. The Hall–Kier alpha value is -0.730. The van der Waals surface area contributed by atoms with E-state index < -0.39 is 0 Å². The number of anilines is 1. The summed E-state index contributed by atoms with van der Waals surface area (Å²) in [6.45, 7) is 6.89. The fraction of sp³-hybridized carbons (Fsp3) is 0.571. The molecule has 0 aromatic heterocycles. The van der Waals surface area contributed by atoms with Crippen LogP contribution in [0.2, 0.25) is 5.02 Å². The molecular formula is C14H21ClN2. The minimum absolute atomic E-state index is 0.560. The number of para-hydroxylation sites is 1. The monoisotopic (exact) mass is 252 g/mol. The highest BCUT2D eigenvalue weighted by Gasteiger charge is 2.20. The molecule has 1 fully saturated rings. The van der Waals surface area contributed by atoms with E-state index in [0.717, 1.165) is 10.7 Å². The molecule has 0 atom stereocenters. The van der Waals surface area contributed by atoms with Crippen LogP contribution in [0.3, 0.4) is 0 Å². The van der Waals surface area contributed by atoms with Crippen LogP contribution in [0, 0.1) is 0 Å². The fourth-order valence-electron chi connectivity index (χ4n) is 2.36. The van der Waals surface area contributed by atoms with Crippen molar-refractivity contribution in [3.63, 3.8) is 0 Å². The highest BCUT2D eigenvalue weighted by molar-refractivity contribution is 6.33. The molecule has 0 unspecified atom stereocenters. The summed E-state index contributed by atoms with van der Waals surface area (Å²) in [6.07, 6.45) is 2.40. The van der Waals surface area contributed by atoms with Crippen LogP contribution in [-0.2, 0) is 0 Å². The van der Waals surface area contributed by atoms with Gasteiger partial charge in [0.15, 0.2) is 0 Å². The van der Waals surface area contributed by atoms with E-state index in [9.17, 15) is 0 Å². The molecule has 1 saturated heterocycles. The Labute approximate surface area is 109 Å². The van der Waals surface area contributed by atoms with Gasteiger partial charge < -0.3 is 10.2 Å². The third kappa shape index (κ3) is 3.36. The quantitative estimate of drug-likeness (QED) is 0.884. The summed E-state index contributed by atoms with van der Waals surface area (Å²) in [5.41, 5.74) is 1.07. The number of hydrogen-bond donors (Lipinski definition) is 1. The molecule has 94 valence electrons. The van der Waals surface area contributed by atoms with E-state index in [0.29, 0.717) is 12.1 Å². The number of hydrogen-bond acceptors (Lipinski definition) is 2. The Morgan fingerprint density at radius 1 is 1.24 bits per heavy atom. The first-order chi connectivity index (χ1) is 8.16. The van der Waals surface area contributed by atoms with Crippen LogP contribution in [0.4, 0.5) is 5.69 Å². The molecule has 1 aliphatic rings. The third-order valence-electron chi connectivity index (χ3n) is 3.49. The van der Waals surface area contributed by atoms with Gasteiger partial charge in [0, 0.05) is 25.2 Å². The van der Waals surface area contributed by atoms with Gasteiger partial charge in [-0.25, -0.2) is 0 Å². The Morgan fingerprint density at radius 2 is 1.88 bits per heavy atom. The van der Waals surface area contributed by atoms with Crippen molar-refractivity contribution in [1.82, 2.24) is 4.90 Å². The SMILES string of the molecule is CC(C)N1CCC(Nc2ccccc2Cl)CC1. The van der Waals surface area contributed by atoms with Crippen molar-refractivity contribution < 1.29 is 0 Å². The molecule has 1 N–H and O–H groups in total. The van der Waals surface area contributed by atoms with Crippen LogP contribution in [0.1, 0.15) is 26.7 Å². The van der Waals surface area contributed by atoms with Gasteiger partial charge in [-0.2, -0.15) is 0 Å². The van der Waals surface area contributed by atoms with Crippen LogP contribution in [0.25, 0.3) is 0 Å². The summed E-state index contributed by atoms with van der Waals surface area (Å²) in [7, 11) is 0. The van der Waals surface area contributed by atoms with Gasteiger partial charge in [-0.3, -0.25) is 0 Å². The number of piperidine rings is 1.